The van der Waals surface area contributed by atoms with Gasteiger partial charge in [-0.25, -0.2) is 0 Å². The molecule has 0 spiro atoms. The lowest BCUT2D eigenvalue weighted by Crippen LogP contribution is -2.28. The van der Waals surface area contributed by atoms with Gasteiger partial charge in [-0.05, 0) is 55.3 Å². The normalized spacial score (nSPS) is 11.2. The SMILES string of the molecule is COCCNC(=O)/C(C#N)=C\c1c(Oc2cc(C)cc(C)c2)nc2ccccn2c1=O. The van der Waals surface area contributed by atoms with Crippen molar-refractivity contribution in [1.82, 2.24) is 14.7 Å². The van der Waals surface area contributed by atoms with E-state index in [0.29, 0.717) is 18.0 Å². The molecule has 2 heterocycles. The fraction of sp³-hybridized carbons (Fsp3) is 0.217. The lowest BCUT2D eigenvalue weighted by atomic mass is 10.1. The molecular formula is C23H22N4O4. The second-order valence-corrected chi connectivity index (χ2v) is 6.91. The quantitative estimate of drug-likeness (QED) is 0.359. The standard InChI is InChI=1S/C23H22N4O4/c1-15-10-16(2)12-18(11-15)31-22-19(13-17(14-24)21(28)25-7-9-30-3)23(29)27-8-5-4-6-20(27)26-22/h4-6,8,10-13H,7,9H2,1-3H3,(H,25,28)/b17-13-. The Labute approximate surface area is 179 Å². The summed E-state index contributed by atoms with van der Waals surface area (Å²) >= 11 is 0. The summed E-state index contributed by atoms with van der Waals surface area (Å²) in [6.45, 7) is 4.39. The van der Waals surface area contributed by atoms with E-state index < -0.39 is 11.5 Å². The zero-order valence-corrected chi connectivity index (χ0v) is 17.5. The largest absolute Gasteiger partial charge is 0.438 e. The van der Waals surface area contributed by atoms with Crippen LogP contribution < -0.4 is 15.6 Å². The molecule has 0 bridgehead atoms. The molecule has 8 heteroatoms. The molecule has 0 saturated heterocycles. The Balaban J connectivity index is 2.13. The monoisotopic (exact) mass is 418 g/mol. The molecule has 0 aliphatic rings. The Kier molecular flexibility index (Phi) is 6.80. The summed E-state index contributed by atoms with van der Waals surface area (Å²) in [6.07, 6.45) is 2.77. The summed E-state index contributed by atoms with van der Waals surface area (Å²) in [5, 5.41) is 12.1. The number of amides is 1. The summed E-state index contributed by atoms with van der Waals surface area (Å²) in [5.41, 5.74) is 1.66. The van der Waals surface area contributed by atoms with E-state index in [2.05, 4.69) is 10.3 Å². The molecule has 1 aromatic carbocycles. The van der Waals surface area contributed by atoms with Crippen LogP contribution in [-0.4, -0.2) is 35.6 Å². The van der Waals surface area contributed by atoms with Crippen LogP contribution in [0.4, 0.5) is 0 Å². The Morgan fingerprint density at radius 1 is 1.26 bits per heavy atom. The van der Waals surface area contributed by atoms with Gasteiger partial charge in [0, 0.05) is 19.9 Å². The lowest BCUT2D eigenvalue weighted by molar-refractivity contribution is -0.117. The first-order valence-corrected chi connectivity index (χ1v) is 9.59. The first kappa shape index (κ1) is 21.7. The number of rotatable bonds is 7. The Morgan fingerprint density at radius 2 is 2.00 bits per heavy atom. The van der Waals surface area contributed by atoms with Crippen LogP contribution in [0, 0.1) is 25.2 Å². The van der Waals surface area contributed by atoms with Gasteiger partial charge in [0.1, 0.15) is 28.6 Å². The minimum atomic E-state index is -0.616. The second-order valence-electron chi connectivity index (χ2n) is 6.91. The molecule has 0 atom stereocenters. The summed E-state index contributed by atoms with van der Waals surface area (Å²) in [6, 6.07) is 12.6. The second kappa shape index (κ2) is 9.69. The highest BCUT2D eigenvalue weighted by molar-refractivity contribution is 6.01. The van der Waals surface area contributed by atoms with Crippen molar-refractivity contribution >= 4 is 17.6 Å². The molecule has 0 unspecified atom stereocenters. The highest BCUT2D eigenvalue weighted by Gasteiger charge is 2.17. The van der Waals surface area contributed by atoms with E-state index in [-0.39, 0.29) is 23.6 Å². The third-order valence-electron chi connectivity index (χ3n) is 4.39. The van der Waals surface area contributed by atoms with Crippen molar-refractivity contribution in [3.63, 3.8) is 0 Å². The van der Waals surface area contributed by atoms with Gasteiger partial charge in [-0.15, -0.1) is 0 Å². The smallest absolute Gasteiger partial charge is 0.269 e. The molecule has 0 fully saturated rings. The topological polar surface area (TPSA) is 106 Å². The van der Waals surface area contributed by atoms with Gasteiger partial charge in [-0.1, -0.05) is 12.1 Å². The van der Waals surface area contributed by atoms with Crippen molar-refractivity contribution in [2.75, 3.05) is 20.3 Å². The summed E-state index contributed by atoms with van der Waals surface area (Å²) < 4.78 is 12.2. The molecule has 0 saturated carbocycles. The van der Waals surface area contributed by atoms with E-state index in [9.17, 15) is 14.9 Å². The molecule has 0 aliphatic carbocycles. The number of carbonyl (C=O) groups is 1. The zero-order chi connectivity index (χ0) is 22.4. The Hall–Kier alpha value is -3.96. The number of nitrogens with zero attached hydrogens (tertiary/aromatic N) is 3. The van der Waals surface area contributed by atoms with Crippen molar-refractivity contribution in [1.29, 1.82) is 5.26 Å². The van der Waals surface area contributed by atoms with Gasteiger partial charge in [0.2, 0.25) is 5.88 Å². The van der Waals surface area contributed by atoms with Crippen molar-refractivity contribution in [3.8, 4) is 17.7 Å². The van der Waals surface area contributed by atoms with Gasteiger partial charge in [0.15, 0.2) is 0 Å². The molecule has 3 rings (SSSR count). The molecule has 8 nitrogen and oxygen atoms in total. The third kappa shape index (κ3) is 5.15. The highest BCUT2D eigenvalue weighted by atomic mass is 16.5. The van der Waals surface area contributed by atoms with Gasteiger partial charge < -0.3 is 14.8 Å². The molecule has 2 aromatic heterocycles. The number of aromatic nitrogens is 2. The van der Waals surface area contributed by atoms with Crippen molar-refractivity contribution in [2.24, 2.45) is 0 Å². The molecule has 0 radical (unpaired) electrons. The Morgan fingerprint density at radius 3 is 2.68 bits per heavy atom. The fourth-order valence-corrected chi connectivity index (χ4v) is 3.04. The average molecular weight is 418 g/mol. The molecule has 31 heavy (non-hydrogen) atoms. The Bertz CT molecular complexity index is 1230. The van der Waals surface area contributed by atoms with Gasteiger partial charge in [0.05, 0.1) is 6.61 Å². The maximum Gasteiger partial charge on any atom is 0.269 e. The van der Waals surface area contributed by atoms with Crippen LogP contribution >= 0.6 is 0 Å². The van der Waals surface area contributed by atoms with Crippen LogP contribution in [0.25, 0.3) is 11.7 Å². The third-order valence-corrected chi connectivity index (χ3v) is 4.39. The number of nitriles is 1. The number of hydrogen-bond donors (Lipinski definition) is 1. The minimum absolute atomic E-state index is 0.00120. The van der Waals surface area contributed by atoms with E-state index in [0.717, 1.165) is 11.1 Å². The molecular weight excluding hydrogens is 396 g/mol. The molecule has 1 amide bonds. The van der Waals surface area contributed by atoms with E-state index >= 15 is 0 Å². The number of benzene rings is 1. The number of aryl methyl sites for hydroxylation is 2. The number of ether oxygens (including phenoxy) is 2. The summed E-state index contributed by atoms with van der Waals surface area (Å²) in [5.74, 6) is -0.101. The van der Waals surface area contributed by atoms with E-state index in [1.807, 2.05) is 38.1 Å². The van der Waals surface area contributed by atoms with E-state index in [1.165, 1.54) is 17.6 Å². The number of carbonyl (C=O) groups excluding carboxylic acids is 1. The van der Waals surface area contributed by atoms with Gasteiger partial charge >= 0.3 is 0 Å². The van der Waals surface area contributed by atoms with Crippen molar-refractivity contribution in [2.45, 2.75) is 13.8 Å². The minimum Gasteiger partial charge on any atom is -0.438 e. The van der Waals surface area contributed by atoms with Crippen LogP contribution in [0.3, 0.4) is 0 Å². The van der Waals surface area contributed by atoms with Gasteiger partial charge in [0.25, 0.3) is 11.5 Å². The van der Waals surface area contributed by atoms with Crippen LogP contribution in [0.5, 0.6) is 11.6 Å². The van der Waals surface area contributed by atoms with Crippen LogP contribution in [0.15, 0.2) is 53.0 Å². The maximum absolute atomic E-state index is 13.1. The van der Waals surface area contributed by atoms with Crippen molar-refractivity contribution in [3.05, 3.63) is 75.2 Å². The summed E-state index contributed by atoms with van der Waals surface area (Å²) in [4.78, 5) is 30.0. The zero-order valence-electron chi connectivity index (χ0n) is 17.5. The number of methoxy groups -OCH3 is 1. The van der Waals surface area contributed by atoms with E-state index in [1.54, 1.807) is 24.4 Å². The average Bonchev–Trinajstić information content (AvgIpc) is 2.73. The first-order valence-electron chi connectivity index (χ1n) is 9.59. The number of pyridine rings is 1. The molecule has 1 N–H and O–H groups in total. The van der Waals surface area contributed by atoms with Crippen LogP contribution in [-0.2, 0) is 9.53 Å². The van der Waals surface area contributed by atoms with Crippen LogP contribution in [0.2, 0.25) is 0 Å². The van der Waals surface area contributed by atoms with Crippen LogP contribution in [0.1, 0.15) is 16.7 Å². The molecule has 158 valence electrons. The highest BCUT2D eigenvalue weighted by Crippen LogP contribution is 2.25. The van der Waals surface area contributed by atoms with E-state index in [4.69, 9.17) is 9.47 Å². The fourth-order valence-electron chi connectivity index (χ4n) is 3.04. The first-order chi connectivity index (χ1) is 14.9. The van der Waals surface area contributed by atoms with Crippen molar-refractivity contribution < 1.29 is 14.3 Å². The van der Waals surface area contributed by atoms with Gasteiger partial charge in [-0.3, -0.25) is 14.0 Å². The number of hydrogen-bond acceptors (Lipinski definition) is 6. The lowest BCUT2D eigenvalue weighted by Gasteiger charge is -2.11. The molecule has 0 aliphatic heterocycles. The van der Waals surface area contributed by atoms with Gasteiger partial charge in [-0.2, -0.15) is 10.2 Å². The number of fused-ring (bicyclic) bond motifs is 1. The predicted molar refractivity (Wildman–Crippen MR) is 116 cm³/mol. The number of nitrogens with one attached hydrogen (secondary N) is 1. The summed E-state index contributed by atoms with van der Waals surface area (Å²) in [7, 11) is 1.51. The molecule has 3 aromatic rings. The maximum atomic E-state index is 13.1. The predicted octanol–water partition coefficient (Wildman–Crippen LogP) is 2.77.